The molecule has 0 aliphatic heterocycles. The van der Waals surface area contributed by atoms with Gasteiger partial charge in [0.25, 0.3) is 0 Å². The fraction of sp³-hybridized carbons (Fsp3) is 0.0588. The molecule has 0 N–H and O–H groups in total. The first-order chi connectivity index (χ1) is 11.3. The first kappa shape index (κ1) is 12.3. The number of hydrogen-bond acceptors (Lipinski definition) is 4. The molecule has 6 nitrogen and oxygen atoms in total. The van der Waals surface area contributed by atoms with Gasteiger partial charge in [0.05, 0.1) is 11.0 Å². The quantitative estimate of drug-likeness (QED) is 0.477. The number of nitrogens with zero attached hydrogens (tertiary/aromatic N) is 6. The Morgan fingerprint density at radius 2 is 1.26 bits per heavy atom. The van der Waals surface area contributed by atoms with Gasteiger partial charge in [0.2, 0.25) is 11.3 Å². The molecule has 0 unspecified atom stereocenters. The Labute approximate surface area is 131 Å². The summed E-state index contributed by atoms with van der Waals surface area (Å²) in [4.78, 5) is 0. The summed E-state index contributed by atoms with van der Waals surface area (Å²) >= 11 is 0. The highest BCUT2D eigenvalue weighted by Gasteiger charge is 2.17. The predicted octanol–water partition coefficient (Wildman–Crippen LogP) is 2.90. The zero-order valence-electron chi connectivity index (χ0n) is 12.4. The van der Waals surface area contributed by atoms with Crippen LogP contribution in [0.4, 0.5) is 0 Å². The maximum Gasteiger partial charge on any atom is 0.207 e. The minimum absolute atomic E-state index is 0.711. The molecule has 3 heterocycles. The van der Waals surface area contributed by atoms with E-state index in [2.05, 4.69) is 32.5 Å². The summed E-state index contributed by atoms with van der Waals surface area (Å²) in [6, 6.07) is 18.2. The van der Waals surface area contributed by atoms with E-state index < -0.39 is 0 Å². The molecule has 0 fully saturated rings. The Hall–Kier alpha value is -3.28. The molecular weight excluding hydrogens is 288 g/mol. The molecule has 110 valence electrons. The van der Waals surface area contributed by atoms with Gasteiger partial charge in [-0.05, 0) is 19.1 Å². The van der Waals surface area contributed by atoms with Crippen molar-refractivity contribution in [2.45, 2.75) is 6.92 Å². The summed E-state index contributed by atoms with van der Waals surface area (Å²) in [5.74, 6) is 1.64. The predicted molar refractivity (Wildman–Crippen MR) is 87.2 cm³/mol. The third-order valence-corrected chi connectivity index (χ3v) is 4.08. The van der Waals surface area contributed by atoms with E-state index in [0.29, 0.717) is 5.65 Å². The van der Waals surface area contributed by atoms with E-state index in [0.717, 1.165) is 33.9 Å². The average molecular weight is 300 g/mol. The molecular formula is C17H12N6. The average Bonchev–Trinajstić information content (AvgIpc) is 3.20. The molecule has 0 spiro atoms. The summed E-state index contributed by atoms with van der Waals surface area (Å²) in [6.45, 7) is 1.94. The number of benzene rings is 2. The summed E-state index contributed by atoms with van der Waals surface area (Å²) < 4.78 is 4.07. The number of para-hydroxylation sites is 2. The van der Waals surface area contributed by atoms with Gasteiger partial charge < -0.3 is 0 Å². The molecule has 5 rings (SSSR count). The van der Waals surface area contributed by atoms with E-state index in [4.69, 9.17) is 0 Å². The number of rotatable bonds is 1. The Morgan fingerprint density at radius 3 is 2.04 bits per heavy atom. The zero-order valence-corrected chi connectivity index (χ0v) is 12.4. The van der Waals surface area contributed by atoms with Crippen LogP contribution in [0.3, 0.4) is 0 Å². The fourth-order valence-electron chi connectivity index (χ4n) is 3.07. The molecule has 2 aromatic carbocycles. The van der Waals surface area contributed by atoms with Crippen LogP contribution >= 0.6 is 0 Å². The van der Waals surface area contributed by atoms with Gasteiger partial charge in [-0.1, -0.05) is 42.5 Å². The van der Waals surface area contributed by atoms with Gasteiger partial charge in [0.15, 0.2) is 5.82 Å². The highest BCUT2D eigenvalue weighted by molar-refractivity contribution is 5.87. The van der Waals surface area contributed by atoms with Crippen molar-refractivity contribution in [3.8, 4) is 11.4 Å². The van der Waals surface area contributed by atoms with E-state index in [9.17, 15) is 0 Å². The molecule has 0 bridgehead atoms. The zero-order chi connectivity index (χ0) is 15.4. The van der Waals surface area contributed by atoms with Crippen molar-refractivity contribution in [1.29, 1.82) is 0 Å². The van der Waals surface area contributed by atoms with E-state index in [1.807, 2.05) is 58.2 Å². The molecule has 0 aliphatic carbocycles. The monoisotopic (exact) mass is 300 g/mol. The van der Waals surface area contributed by atoms with E-state index in [-0.39, 0.29) is 0 Å². The van der Waals surface area contributed by atoms with Crippen molar-refractivity contribution in [3.05, 3.63) is 60.4 Å². The van der Waals surface area contributed by atoms with E-state index >= 15 is 0 Å². The minimum atomic E-state index is 0.711. The van der Waals surface area contributed by atoms with E-state index in [1.165, 1.54) is 0 Å². The molecule has 0 radical (unpaired) electrons. The van der Waals surface area contributed by atoms with Gasteiger partial charge in [-0.2, -0.15) is 0 Å². The van der Waals surface area contributed by atoms with Gasteiger partial charge in [-0.3, -0.25) is 8.80 Å². The largest absolute Gasteiger partial charge is 0.274 e. The van der Waals surface area contributed by atoms with Gasteiger partial charge in [-0.25, -0.2) is 0 Å². The minimum Gasteiger partial charge on any atom is -0.274 e. The van der Waals surface area contributed by atoms with Crippen molar-refractivity contribution >= 4 is 22.3 Å². The van der Waals surface area contributed by atoms with Gasteiger partial charge in [0.1, 0.15) is 5.82 Å². The summed E-state index contributed by atoms with van der Waals surface area (Å²) in [5.41, 5.74) is 4.51. The third-order valence-electron chi connectivity index (χ3n) is 4.08. The van der Waals surface area contributed by atoms with Crippen molar-refractivity contribution in [3.63, 3.8) is 0 Å². The van der Waals surface area contributed by atoms with Crippen LogP contribution in [0.25, 0.3) is 33.7 Å². The fourth-order valence-corrected chi connectivity index (χ4v) is 3.07. The second-order valence-electron chi connectivity index (χ2n) is 5.44. The lowest BCUT2D eigenvalue weighted by atomic mass is 10.2. The van der Waals surface area contributed by atoms with Gasteiger partial charge in [0, 0.05) is 5.56 Å². The maximum atomic E-state index is 4.41. The van der Waals surface area contributed by atoms with Crippen LogP contribution in [0.1, 0.15) is 5.82 Å². The number of aryl methyl sites for hydroxylation is 1. The molecule has 0 aliphatic rings. The third kappa shape index (κ3) is 1.57. The normalized spacial score (nSPS) is 11.7. The first-order valence-corrected chi connectivity index (χ1v) is 7.37. The number of hydrogen-bond donors (Lipinski definition) is 0. The van der Waals surface area contributed by atoms with Crippen LogP contribution in [0.5, 0.6) is 0 Å². The van der Waals surface area contributed by atoms with Crippen LogP contribution in [0, 0.1) is 6.92 Å². The van der Waals surface area contributed by atoms with Gasteiger partial charge >= 0.3 is 0 Å². The smallest absolute Gasteiger partial charge is 0.207 e. The van der Waals surface area contributed by atoms with E-state index in [1.54, 1.807) is 0 Å². The second-order valence-corrected chi connectivity index (χ2v) is 5.44. The molecule has 5 aromatic rings. The Balaban J connectivity index is 2.06. The topological polar surface area (TPSA) is 60.4 Å². The molecule has 0 atom stereocenters. The number of fused-ring (bicyclic) bond motifs is 6. The number of aromatic nitrogens is 6. The molecule has 0 amide bonds. The molecule has 0 saturated carbocycles. The van der Waals surface area contributed by atoms with Crippen LogP contribution in [-0.2, 0) is 0 Å². The lowest BCUT2D eigenvalue weighted by Gasteiger charge is -2.08. The van der Waals surface area contributed by atoms with Gasteiger partial charge in [-0.15, -0.1) is 20.4 Å². The van der Waals surface area contributed by atoms with Crippen LogP contribution < -0.4 is 0 Å². The highest BCUT2D eigenvalue weighted by atomic mass is 15.3. The molecule has 6 heteroatoms. The van der Waals surface area contributed by atoms with Crippen LogP contribution in [0.2, 0.25) is 0 Å². The summed E-state index contributed by atoms with van der Waals surface area (Å²) in [5, 5.41) is 17.3. The summed E-state index contributed by atoms with van der Waals surface area (Å²) in [7, 11) is 0. The summed E-state index contributed by atoms with van der Waals surface area (Å²) in [6.07, 6.45) is 0. The second kappa shape index (κ2) is 4.36. The molecule has 23 heavy (non-hydrogen) atoms. The standard InChI is InChI=1S/C17H12N6/c1-11-18-20-16-17-21-19-15(12-7-3-2-4-8-12)23(17)14-10-6-5-9-13(14)22(11)16/h2-10H,1H3. The van der Waals surface area contributed by atoms with Crippen molar-refractivity contribution in [2.75, 3.05) is 0 Å². The lowest BCUT2D eigenvalue weighted by molar-refractivity contribution is 1.02. The van der Waals surface area contributed by atoms with Crippen LogP contribution in [0.15, 0.2) is 54.6 Å². The van der Waals surface area contributed by atoms with Crippen LogP contribution in [-0.4, -0.2) is 29.2 Å². The molecule has 3 aromatic heterocycles. The van der Waals surface area contributed by atoms with Crippen molar-refractivity contribution in [1.82, 2.24) is 29.2 Å². The molecule has 0 saturated heterocycles. The highest BCUT2D eigenvalue weighted by Crippen LogP contribution is 2.26. The Morgan fingerprint density at radius 1 is 0.652 bits per heavy atom. The SMILES string of the molecule is Cc1nnc2c3nnc(-c4ccccc4)n3c3ccccc3n12. The maximum absolute atomic E-state index is 4.41. The van der Waals surface area contributed by atoms with Crippen molar-refractivity contribution in [2.24, 2.45) is 0 Å². The first-order valence-electron chi connectivity index (χ1n) is 7.37. The lowest BCUT2D eigenvalue weighted by Crippen LogP contribution is -1.99. The Bertz CT molecular complexity index is 1170. The van der Waals surface area contributed by atoms with Crippen molar-refractivity contribution < 1.29 is 0 Å². The Kier molecular flexibility index (Phi) is 2.33.